The standard InChI is InChI=1S/C11H16N4O2/c1-14-9-7-12-6-8(9)13-10(14)11(16)15-2-4-17-5-3-15/h12H,2-7H2,1H3. The molecule has 1 N–H and O–H groups in total. The lowest BCUT2D eigenvalue weighted by molar-refractivity contribution is 0.0292. The maximum absolute atomic E-state index is 12.3. The number of carbonyl (C=O) groups excluding carboxylic acids is 1. The smallest absolute Gasteiger partial charge is 0.290 e. The predicted octanol–water partition coefficient (Wildman–Crippen LogP) is -0.504. The van der Waals surface area contributed by atoms with E-state index in [1.165, 1.54) is 0 Å². The van der Waals surface area contributed by atoms with Crippen LogP contribution in [0.15, 0.2) is 0 Å². The van der Waals surface area contributed by atoms with Crippen LogP contribution in [-0.2, 0) is 24.9 Å². The van der Waals surface area contributed by atoms with Gasteiger partial charge in [0, 0.05) is 33.2 Å². The average molecular weight is 236 g/mol. The summed E-state index contributed by atoms with van der Waals surface area (Å²) in [7, 11) is 1.91. The summed E-state index contributed by atoms with van der Waals surface area (Å²) in [4.78, 5) is 18.5. The lowest BCUT2D eigenvalue weighted by Crippen LogP contribution is -2.41. The Labute approximate surface area is 99.6 Å². The Balaban J connectivity index is 1.86. The molecule has 6 nitrogen and oxygen atoms in total. The number of aromatic nitrogens is 2. The molecule has 0 spiro atoms. The number of fused-ring (bicyclic) bond motifs is 1. The minimum Gasteiger partial charge on any atom is -0.378 e. The van der Waals surface area contributed by atoms with Crippen LogP contribution in [0, 0.1) is 0 Å². The lowest BCUT2D eigenvalue weighted by atomic mass is 10.4. The number of hydrogen-bond acceptors (Lipinski definition) is 4. The zero-order valence-corrected chi connectivity index (χ0v) is 9.90. The van der Waals surface area contributed by atoms with E-state index < -0.39 is 0 Å². The Kier molecular flexibility index (Phi) is 2.60. The monoisotopic (exact) mass is 236 g/mol. The van der Waals surface area contributed by atoms with Crippen LogP contribution in [0.1, 0.15) is 22.0 Å². The second-order valence-electron chi connectivity index (χ2n) is 4.40. The van der Waals surface area contributed by atoms with Gasteiger partial charge in [0.2, 0.25) is 0 Å². The van der Waals surface area contributed by atoms with Gasteiger partial charge in [-0.25, -0.2) is 4.98 Å². The van der Waals surface area contributed by atoms with E-state index in [4.69, 9.17) is 4.74 Å². The van der Waals surface area contributed by atoms with E-state index in [9.17, 15) is 4.79 Å². The predicted molar refractivity (Wildman–Crippen MR) is 60.5 cm³/mol. The fraction of sp³-hybridized carbons (Fsp3) is 0.636. The summed E-state index contributed by atoms with van der Waals surface area (Å²) < 4.78 is 7.16. The van der Waals surface area contributed by atoms with E-state index in [2.05, 4.69) is 10.3 Å². The molecule has 17 heavy (non-hydrogen) atoms. The normalized spacial score (nSPS) is 19.5. The molecule has 0 atom stereocenters. The van der Waals surface area contributed by atoms with Crippen LogP contribution < -0.4 is 5.32 Å². The molecule has 1 amide bonds. The van der Waals surface area contributed by atoms with Crippen LogP contribution in [0.25, 0.3) is 0 Å². The molecule has 0 aliphatic carbocycles. The van der Waals surface area contributed by atoms with Gasteiger partial charge in [0.25, 0.3) is 5.91 Å². The molecule has 2 aliphatic rings. The van der Waals surface area contributed by atoms with Gasteiger partial charge in [0.1, 0.15) is 0 Å². The van der Waals surface area contributed by atoms with Crippen molar-refractivity contribution in [3.8, 4) is 0 Å². The van der Waals surface area contributed by atoms with Crippen molar-refractivity contribution < 1.29 is 9.53 Å². The number of carbonyl (C=O) groups is 1. The summed E-state index contributed by atoms with van der Waals surface area (Å²) in [6.45, 7) is 4.13. The molecule has 0 aromatic carbocycles. The summed E-state index contributed by atoms with van der Waals surface area (Å²) in [6.07, 6.45) is 0. The van der Waals surface area contributed by atoms with Crippen molar-refractivity contribution in [2.45, 2.75) is 13.1 Å². The molecule has 0 unspecified atom stereocenters. The Morgan fingerprint density at radius 2 is 2.12 bits per heavy atom. The molecule has 1 fully saturated rings. The number of nitrogens with one attached hydrogen (secondary N) is 1. The maximum atomic E-state index is 12.3. The van der Waals surface area contributed by atoms with E-state index in [0.29, 0.717) is 32.1 Å². The third kappa shape index (κ3) is 1.73. The molecule has 92 valence electrons. The SMILES string of the molecule is Cn1c(C(=O)N2CCOCC2)nc2c1CNC2. The Morgan fingerprint density at radius 1 is 1.35 bits per heavy atom. The second kappa shape index (κ2) is 4.12. The molecule has 3 heterocycles. The van der Waals surface area contributed by atoms with Crippen molar-refractivity contribution in [2.24, 2.45) is 7.05 Å². The number of rotatable bonds is 1. The quantitative estimate of drug-likeness (QED) is 0.714. The number of hydrogen-bond donors (Lipinski definition) is 1. The topological polar surface area (TPSA) is 59.4 Å². The number of nitrogens with zero attached hydrogens (tertiary/aromatic N) is 3. The third-order valence-electron chi connectivity index (χ3n) is 3.37. The Morgan fingerprint density at radius 3 is 2.82 bits per heavy atom. The summed E-state index contributed by atoms with van der Waals surface area (Å²) in [5.41, 5.74) is 2.13. The van der Waals surface area contributed by atoms with Gasteiger partial charge in [0.05, 0.1) is 24.6 Å². The highest BCUT2D eigenvalue weighted by atomic mass is 16.5. The minimum absolute atomic E-state index is 0.0187. The number of ether oxygens (including phenoxy) is 1. The van der Waals surface area contributed by atoms with Gasteiger partial charge in [-0.3, -0.25) is 4.79 Å². The van der Waals surface area contributed by atoms with Gasteiger partial charge in [0.15, 0.2) is 5.82 Å². The number of amides is 1. The summed E-state index contributed by atoms with van der Waals surface area (Å²) in [5, 5.41) is 3.23. The average Bonchev–Trinajstić information content (AvgIpc) is 2.93. The number of morpholine rings is 1. The highest BCUT2D eigenvalue weighted by Gasteiger charge is 2.26. The molecule has 1 aromatic rings. The molecular formula is C11H16N4O2. The largest absolute Gasteiger partial charge is 0.378 e. The maximum Gasteiger partial charge on any atom is 0.290 e. The fourth-order valence-electron chi connectivity index (χ4n) is 2.35. The van der Waals surface area contributed by atoms with Gasteiger partial charge in [-0.1, -0.05) is 0 Å². The summed E-state index contributed by atoms with van der Waals surface area (Å²) in [5.74, 6) is 0.573. The zero-order chi connectivity index (χ0) is 11.8. The molecule has 3 rings (SSSR count). The van der Waals surface area contributed by atoms with E-state index in [1.807, 2.05) is 16.5 Å². The van der Waals surface area contributed by atoms with E-state index >= 15 is 0 Å². The second-order valence-corrected chi connectivity index (χ2v) is 4.40. The van der Waals surface area contributed by atoms with Gasteiger partial charge < -0.3 is 19.5 Å². The molecule has 2 aliphatic heterocycles. The minimum atomic E-state index is 0.0187. The lowest BCUT2D eigenvalue weighted by Gasteiger charge is -2.26. The molecule has 1 aromatic heterocycles. The zero-order valence-electron chi connectivity index (χ0n) is 9.90. The first-order valence-electron chi connectivity index (χ1n) is 5.89. The molecule has 0 bridgehead atoms. The molecule has 6 heteroatoms. The van der Waals surface area contributed by atoms with E-state index in [1.54, 1.807) is 0 Å². The van der Waals surface area contributed by atoms with Crippen LogP contribution in [0.4, 0.5) is 0 Å². The van der Waals surface area contributed by atoms with Gasteiger partial charge in [-0.05, 0) is 0 Å². The van der Waals surface area contributed by atoms with Crippen molar-refractivity contribution in [3.63, 3.8) is 0 Å². The van der Waals surface area contributed by atoms with Gasteiger partial charge >= 0.3 is 0 Å². The highest BCUT2D eigenvalue weighted by molar-refractivity contribution is 5.91. The van der Waals surface area contributed by atoms with Crippen LogP contribution >= 0.6 is 0 Å². The van der Waals surface area contributed by atoms with Crippen molar-refractivity contribution in [3.05, 3.63) is 17.2 Å². The van der Waals surface area contributed by atoms with Crippen LogP contribution in [-0.4, -0.2) is 46.7 Å². The molecule has 1 saturated heterocycles. The first-order chi connectivity index (χ1) is 8.27. The Bertz CT molecular complexity index is 449. The van der Waals surface area contributed by atoms with Crippen LogP contribution in [0.2, 0.25) is 0 Å². The van der Waals surface area contributed by atoms with Gasteiger partial charge in [-0.15, -0.1) is 0 Å². The van der Waals surface area contributed by atoms with Crippen LogP contribution in [0.5, 0.6) is 0 Å². The molecule has 0 radical (unpaired) electrons. The van der Waals surface area contributed by atoms with Crippen LogP contribution in [0.3, 0.4) is 0 Å². The highest BCUT2D eigenvalue weighted by Crippen LogP contribution is 2.17. The molecule has 0 saturated carbocycles. The van der Waals surface area contributed by atoms with E-state index in [-0.39, 0.29) is 5.91 Å². The van der Waals surface area contributed by atoms with Crippen molar-refractivity contribution in [1.29, 1.82) is 0 Å². The molecular weight excluding hydrogens is 220 g/mol. The summed E-state index contributed by atoms with van der Waals surface area (Å²) in [6, 6.07) is 0. The van der Waals surface area contributed by atoms with E-state index in [0.717, 1.165) is 24.5 Å². The van der Waals surface area contributed by atoms with Crippen molar-refractivity contribution in [2.75, 3.05) is 26.3 Å². The first-order valence-corrected chi connectivity index (χ1v) is 5.89. The Hall–Kier alpha value is -1.40. The van der Waals surface area contributed by atoms with Crippen molar-refractivity contribution >= 4 is 5.91 Å². The van der Waals surface area contributed by atoms with Crippen molar-refractivity contribution in [1.82, 2.24) is 19.8 Å². The third-order valence-corrected chi connectivity index (χ3v) is 3.37. The summed E-state index contributed by atoms with van der Waals surface area (Å²) >= 11 is 0. The number of imidazole rings is 1. The first kappa shape index (κ1) is 10.7. The van der Waals surface area contributed by atoms with Gasteiger partial charge in [-0.2, -0.15) is 0 Å². The fourth-order valence-corrected chi connectivity index (χ4v) is 2.35.